The maximum atomic E-state index is 12.3. The number of benzene rings is 1. The van der Waals surface area contributed by atoms with Gasteiger partial charge in [0, 0.05) is 7.05 Å². The Kier molecular flexibility index (Phi) is 5.76. The van der Waals surface area contributed by atoms with E-state index in [4.69, 9.17) is 14.3 Å². The topological polar surface area (TPSA) is 80.0 Å². The Bertz CT molecular complexity index is 707. The third-order valence-electron chi connectivity index (χ3n) is 3.66. The van der Waals surface area contributed by atoms with Crippen molar-refractivity contribution in [1.29, 1.82) is 0 Å². The lowest BCUT2D eigenvalue weighted by molar-refractivity contribution is -0.142. The molecule has 0 saturated carbocycles. The Hall–Kier alpha value is -2.60. The fraction of sp³-hybridized carbons (Fsp3) is 0.333. The summed E-state index contributed by atoms with van der Waals surface area (Å²) in [5.74, 6) is -0.490. The molecule has 1 aromatic heterocycles. The van der Waals surface area contributed by atoms with Gasteiger partial charge >= 0.3 is 5.97 Å². The lowest BCUT2D eigenvalue weighted by atomic mass is 10.2. The van der Waals surface area contributed by atoms with Gasteiger partial charge in [-0.1, -0.05) is 30.3 Å². The smallest absolute Gasteiger partial charge is 0.339 e. The van der Waals surface area contributed by atoms with Crippen LogP contribution in [0.15, 0.2) is 40.8 Å². The molecule has 1 amide bonds. The number of rotatable bonds is 7. The second-order valence-corrected chi connectivity index (χ2v) is 5.62. The van der Waals surface area contributed by atoms with Crippen molar-refractivity contribution in [2.75, 3.05) is 7.05 Å². The van der Waals surface area contributed by atoms with E-state index in [0.717, 1.165) is 5.56 Å². The molecule has 6 nitrogen and oxygen atoms in total. The van der Waals surface area contributed by atoms with Gasteiger partial charge in [0.25, 0.3) is 5.91 Å². The molecule has 1 unspecified atom stereocenters. The lowest BCUT2D eigenvalue weighted by Crippen LogP contribution is -2.35. The summed E-state index contributed by atoms with van der Waals surface area (Å²) in [6.07, 6.45) is -0.606. The van der Waals surface area contributed by atoms with Gasteiger partial charge in [-0.05, 0) is 25.5 Å². The molecule has 1 N–H and O–H groups in total. The van der Waals surface area contributed by atoms with Crippen molar-refractivity contribution in [3.63, 3.8) is 0 Å². The largest absolute Gasteiger partial charge is 0.478 e. The third kappa shape index (κ3) is 4.45. The van der Waals surface area contributed by atoms with Crippen LogP contribution in [0, 0.1) is 6.92 Å². The minimum absolute atomic E-state index is 0.110. The highest BCUT2D eigenvalue weighted by molar-refractivity contribution is 5.88. The molecule has 24 heavy (non-hydrogen) atoms. The van der Waals surface area contributed by atoms with Gasteiger partial charge in [0.2, 0.25) is 0 Å². The number of aromatic carboxylic acids is 1. The van der Waals surface area contributed by atoms with Crippen LogP contribution in [0.3, 0.4) is 0 Å². The van der Waals surface area contributed by atoms with Crippen LogP contribution in [0.1, 0.15) is 34.4 Å². The van der Waals surface area contributed by atoms with Crippen molar-refractivity contribution in [3.8, 4) is 0 Å². The molecule has 0 fully saturated rings. The maximum Gasteiger partial charge on any atom is 0.339 e. The number of likely N-dealkylation sites (N-methyl/N-ethyl adjacent to an activating group) is 1. The molecule has 0 radical (unpaired) electrons. The van der Waals surface area contributed by atoms with Gasteiger partial charge in [0.05, 0.1) is 13.2 Å². The zero-order valence-corrected chi connectivity index (χ0v) is 14.0. The summed E-state index contributed by atoms with van der Waals surface area (Å²) in [6, 6.07) is 11.0. The number of ether oxygens (including phenoxy) is 1. The summed E-state index contributed by atoms with van der Waals surface area (Å²) >= 11 is 0. The monoisotopic (exact) mass is 331 g/mol. The zero-order chi connectivity index (χ0) is 17.7. The highest BCUT2D eigenvalue weighted by Gasteiger charge is 2.21. The molecular weight excluding hydrogens is 310 g/mol. The Balaban J connectivity index is 1.91. The SMILES string of the molecule is Cc1oc(CN(C)C(=O)C(C)OCc2ccccc2)cc1C(=O)O. The maximum absolute atomic E-state index is 12.3. The van der Waals surface area contributed by atoms with E-state index in [0.29, 0.717) is 18.1 Å². The van der Waals surface area contributed by atoms with Gasteiger partial charge in [0.15, 0.2) is 0 Å². The number of aryl methyl sites for hydroxylation is 1. The molecule has 1 atom stereocenters. The van der Waals surface area contributed by atoms with E-state index >= 15 is 0 Å². The predicted molar refractivity (Wildman–Crippen MR) is 87.6 cm³/mol. The molecule has 0 saturated heterocycles. The van der Waals surface area contributed by atoms with Crippen molar-refractivity contribution >= 4 is 11.9 Å². The molecule has 0 aliphatic carbocycles. The number of amides is 1. The van der Waals surface area contributed by atoms with Gasteiger partial charge in [-0.15, -0.1) is 0 Å². The minimum Gasteiger partial charge on any atom is -0.478 e. The molecular formula is C18H21NO5. The van der Waals surface area contributed by atoms with Gasteiger partial charge < -0.3 is 19.2 Å². The summed E-state index contributed by atoms with van der Waals surface area (Å²) in [6.45, 7) is 3.81. The highest BCUT2D eigenvalue weighted by Crippen LogP contribution is 2.16. The van der Waals surface area contributed by atoms with Crippen molar-refractivity contribution in [2.24, 2.45) is 0 Å². The number of hydrogen-bond acceptors (Lipinski definition) is 4. The van der Waals surface area contributed by atoms with E-state index in [1.165, 1.54) is 11.0 Å². The van der Waals surface area contributed by atoms with Crippen molar-refractivity contribution in [3.05, 3.63) is 59.0 Å². The first-order valence-corrected chi connectivity index (χ1v) is 7.61. The molecule has 1 heterocycles. The number of nitrogens with zero attached hydrogens (tertiary/aromatic N) is 1. The van der Waals surface area contributed by atoms with E-state index < -0.39 is 12.1 Å². The highest BCUT2D eigenvalue weighted by atomic mass is 16.5. The molecule has 0 aliphatic heterocycles. The number of carboxylic acids is 1. The molecule has 2 aromatic rings. The van der Waals surface area contributed by atoms with E-state index in [2.05, 4.69) is 0 Å². The minimum atomic E-state index is -1.05. The van der Waals surface area contributed by atoms with Crippen molar-refractivity contribution < 1.29 is 23.8 Å². The Morgan fingerprint density at radius 2 is 1.96 bits per heavy atom. The molecule has 0 aliphatic rings. The molecule has 6 heteroatoms. The standard InChI is InChI=1S/C18H21NO5/c1-12-16(18(21)22)9-15(24-12)10-19(3)17(20)13(2)23-11-14-7-5-4-6-8-14/h4-9,13H,10-11H2,1-3H3,(H,21,22). The van der Waals surface area contributed by atoms with Crippen LogP contribution in [0.4, 0.5) is 0 Å². The Morgan fingerprint density at radius 1 is 1.29 bits per heavy atom. The van der Waals surface area contributed by atoms with E-state index in [1.807, 2.05) is 30.3 Å². The number of furan rings is 1. The fourth-order valence-corrected chi connectivity index (χ4v) is 2.32. The second-order valence-electron chi connectivity index (χ2n) is 5.62. The molecule has 128 valence electrons. The summed E-state index contributed by atoms with van der Waals surface area (Å²) < 4.78 is 11.0. The quantitative estimate of drug-likeness (QED) is 0.844. The number of carboxylic acid groups (broad SMARTS) is 1. The van der Waals surface area contributed by atoms with Crippen LogP contribution in [-0.4, -0.2) is 35.0 Å². The van der Waals surface area contributed by atoms with Gasteiger partial charge in [0.1, 0.15) is 23.2 Å². The first kappa shape index (κ1) is 17.7. The summed E-state index contributed by atoms with van der Waals surface area (Å²) in [5.41, 5.74) is 1.10. The molecule has 0 bridgehead atoms. The van der Waals surface area contributed by atoms with Crippen molar-refractivity contribution in [2.45, 2.75) is 33.1 Å². The average Bonchev–Trinajstić information content (AvgIpc) is 2.93. The number of carbonyl (C=O) groups is 2. The average molecular weight is 331 g/mol. The normalized spacial score (nSPS) is 12.0. The van der Waals surface area contributed by atoms with E-state index in [9.17, 15) is 9.59 Å². The Morgan fingerprint density at radius 3 is 2.54 bits per heavy atom. The first-order valence-electron chi connectivity index (χ1n) is 7.61. The first-order chi connectivity index (χ1) is 11.4. The molecule has 0 spiro atoms. The Labute approximate surface area is 140 Å². The van der Waals surface area contributed by atoms with Crippen LogP contribution < -0.4 is 0 Å². The van der Waals surface area contributed by atoms with Gasteiger partial charge in [-0.2, -0.15) is 0 Å². The van der Waals surface area contributed by atoms with Crippen LogP contribution in [-0.2, 0) is 22.7 Å². The lowest BCUT2D eigenvalue weighted by Gasteiger charge is -2.20. The van der Waals surface area contributed by atoms with Crippen LogP contribution in [0.25, 0.3) is 0 Å². The van der Waals surface area contributed by atoms with E-state index in [1.54, 1.807) is 20.9 Å². The fourth-order valence-electron chi connectivity index (χ4n) is 2.32. The molecule has 1 aromatic carbocycles. The molecule has 2 rings (SSSR count). The van der Waals surface area contributed by atoms with Crippen LogP contribution >= 0.6 is 0 Å². The van der Waals surface area contributed by atoms with E-state index in [-0.39, 0.29) is 18.0 Å². The summed E-state index contributed by atoms with van der Waals surface area (Å²) in [5, 5.41) is 9.03. The van der Waals surface area contributed by atoms with Crippen LogP contribution in [0.5, 0.6) is 0 Å². The third-order valence-corrected chi connectivity index (χ3v) is 3.66. The van der Waals surface area contributed by atoms with Gasteiger partial charge in [-0.3, -0.25) is 4.79 Å². The number of carbonyl (C=O) groups excluding carboxylic acids is 1. The zero-order valence-electron chi connectivity index (χ0n) is 14.0. The number of hydrogen-bond donors (Lipinski definition) is 1. The summed E-state index contributed by atoms with van der Waals surface area (Å²) in [7, 11) is 1.63. The van der Waals surface area contributed by atoms with Crippen molar-refractivity contribution in [1.82, 2.24) is 4.90 Å². The predicted octanol–water partition coefficient (Wildman–Crippen LogP) is 2.85. The second kappa shape index (κ2) is 7.79. The summed E-state index contributed by atoms with van der Waals surface area (Å²) in [4.78, 5) is 24.8. The van der Waals surface area contributed by atoms with Crippen LogP contribution in [0.2, 0.25) is 0 Å². The van der Waals surface area contributed by atoms with Gasteiger partial charge in [-0.25, -0.2) is 4.79 Å².